The molecule has 0 bridgehead atoms. The molecule has 0 spiro atoms. The summed E-state index contributed by atoms with van der Waals surface area (Å²) in [4.78, 5) is 11.0. The summed E-state index contributed by atoms with van der Waals surface area (Å²) >= 11 is 0. The van der Waals surface area contributed by atoms with Crippen LogP contribution in [0.1, 0.15) is 32.6 Å². The molecule has 160 valence electrons. The Balaban J connectivity index is 1.41. The summed E-state index contributed by atoms with van der Waals surface area (Å²) < 4.78 is 16.8. The van der Waals surface area contributed by atoms with Crippen LogP contribution in [-0.2, 0) is 25.7 Å². The maximum absolute atomic E-state index is 11.0. The zero-order valence-corrected chi connectivity index (χ0v) is 17.6. The fourth-order valence-electron chi connectivity index (χ4n) is 3.77. The molecule has 5 heteroatoms. The lowest BCUT2D eigenvalue weighted by Gasteiger charge is -2.19. The van der Waals surface area contributed by atoms with E-state index in [9.17, 15) is 4.79 Å². The third-order valence-electron chi connectivity index (χ3n) is 5.47. The lowest BCUT2D eigenvalue weighted by Crippen LogP contribution is -2.15. The molecule has 4 rings (SSSR count). The Bertz CT molecular complexity index is 1060. The molecule has 31 heavy (non-hydrogen) atoms. The Morgan fingerprint density at radius 3 is 2.00 bits per heavy atom. The molecule has 0 saturated carbocycles. The minimum absolute atomic E-state index is 0.312. The zero-order valence-electron chi connectivity index (χ0n) is 17.6. The third-order valence-corrected chi connectivity index (χ3v) is 5.47. The maximum atomic E-state index is 11.0. The molecule has 0 unspecified atom stereocenters. The molecule has 1 heterocycles. The number of aryl methyl sites for hydroxylation is 4. The van der Waals surface area contributed by atoms with Crippen molar-refractivity contribution in [3.8, 4) is 17.2 Å². The number of benzene rings is 3. The summed E-state index contributed by atoms with van der Waals surface area (Å²) in [6.45, 7) is 1.19. The van der Waals surface area contributed by atoms with Crippen molar-refractivity contribution in [3.63, 3.8) is 0 Å². The number of carboxylic acids is 1. The monoisotopic (exact) mass is 418 g/mol. The number of carbonyl (C=O) groups is 1. The molecule has 5 nitrogen and oxygen atoms in total. The van der Waals surface area contributed by atoms with Crippen LogP contribution in [0.25, 0.3) is 0 Å². The summed E-state index contributed by atoms with van der Waals surface area (Å²) in [6, 6.07) is 19.6. The fraction of sp³-hybridized carbons (Fsp3) is 0.269. The molecule has 3 aromatic rings. The minimum Gasteiger partial charge on any atom is -0.497 e. The zero-order chi connectivity index (χ0) is 21.6. The highest BCUT2D eigenvalue weighted by molar-refractivity contribution is 5.87. The number of aromatic carboxylic acids is 1. The van der Waals surface area contributed by atoms with Gasteiger partial charge in [-0.05, 0) is 84.3 Å². The summed E-state index contributed by atoms with van der Waals surface area (Å²) in [6.07, 6.45) is 3.51. The smallest absolute Gasteiger partial charge is 0.335 e. The van der Waals surface area contributed by atoms with E-state index in [1.54, 1.807) is 19.2 Å². The van der Waals surface area contributed by atoms with Gasteiger partial charge in [0.05, 0.1) is 12.7 Å². The second-order valence-electron chi connectivity index (χ2n) is 7.67. The standard InChI is InChI=1S/C26H26O5/c1-29-23-15-20(4-2-18-6-9-22(10-7-18)26(27)28)14-21(16-23)5-3-19-8-11-24-25(17-19)31-13-12-30-24/h6-11,14-17H,2-5,12-13H2,1H3,(H,27,28). The third kappa shape index (κ3) is 5.37. The molecular formula is C26H26O5. The van der Waals surface area contributed by atoms with Crippen molar-refractivity contribution < 1.29 is 24.1 Å². The van der Waals surface area contributed by atoms with Gasteiger partial charge in [-0.1, -0.05) is 24.3 Å². The number of hydrogen-bond donors (Lipinski definition) is 1. The maximum Gasteiger partial charge on any atom is 0.335 e. The highest BCUT2D eigenvalue weighted by Gasteiger charge is 2.12. The predicted octanol–water partition coefficient (Wildman–Crippen LogP) is 4.74. The van der Waals surface area contributed by atoms with Gasteiger partial charge in [0.2, 0.25) is 0 Å². The van der Waals surface area contributed by atoms with Crippen molar-refractivity contribution >= 4 is 5.97 Å². The quantitative estimate of drug-likeness (QED) is 0.573. The highest BCUT2D eigenvalue weighted by atomic mass is 16.6. The van der Waals surface area contributed by atoms with Crippen LogP contribution in [0.3, 0.4) is 0 Å². The molecule has 0 radical (unpaired) electrons. The van der Waals surface area contributed by atoms with E-state index in [-0.39, 0.29) is 0 Å². The van der Waals surface area contributed by atoms with E-state index in [0.29, 0.717) is 18.8 Å². The van der Waals surface area contributed by atoms with Gasteiger partial charge in [0.25, 0.3) is 0 Å². The van der Waals surface area contributed by atoms with Crippen LogP contribution < -0.4 is 14.2 Å². The highest BCUT2D eigenvalue weighted by Crippen LogP contribution is 2.31. The molecule has 1 aliphatic heterocycles. The molecule has 0 saturated heterocycles. The largest absolute Gasteiger partial charge is 0.497 e. The van der Waals surface area contributed by atoms with Crippen LogP contribution in [0.5, 0.6) is 17.2 Å². The van der Waals surface area contributed by atoms with Crippen molar-refractivity contribution in [1.29, 1.82) is 0 Å². The van der Waals surface area contributed by atoms with Gasteiger partial charge in [0, 0.05) is 0 Å². The van der Waals surface area contributed by atoms with Crippen LogP contribution in [0, 0.1) is 0 Å². The van der Waals surface area contributed by atoms with Gasteiger partial charge in [-0.3, -0.25) is 0 Å². The van der Waals surface area contributed by atoms with Crippen LogP contribution in [0.15, 0.2) is 60.7 Å². The van der Waals surface area contributed by atoms with Crippen LogP contribution in [0.4, 0.5) is 0 Å². The van der Waals surface area contributed by atoms with Gasteiger partial charge in [0.15, 0.2) is 11.5 Å². The molecular weight excluding hydrogens is 392 g/mol. The normalized spacial score (nSPS) is 12.4. The van der Waals surface area contributed by atoms with E-state index >= 15 is 0 Å². The molecule has 1 aliphatic rings. The van der Waals surface area contributed by atoms with Crippen LogP contribution in [0.2, 0.25) is 0 Å². The van der Waals surface area contributed by atoms with Crippen LogP contribution >= 0.6 is 0 Å². The van der Waals surface area contributed by atoms with E-state index in [1.165, 1.54) is 16.7 Å². The molecule has 0 fully saturated rings. The number of hydrogen-bond acceptors (Lipinski definition) is 4. The second-order valence-corrected chi connectivity index (χ2v) is 7.67. The fourth-order valence-corrected chi connectivity index (χ4v) is 3.77. The number of methoxy groups -OCH3 is 1. The Morgan fingerprint density at radius 1 is 0.774 bits per heavy atom. The van der Waals surface area contributed by atoms with Gasteiger partial charge < -0.3 is 19.3 Å². The average Bonchev–Trinajstić information content (AvgIpc) is 2.81. The second kappa shape index (κ2) is 9.56. The van der Waals surface area contributed by atoms with Gasteiger partial charge in [0.1, 0.15) is 19.0 Å². The van der Waals surface area contributed by atoms with Crippen LogP contribution in [-0.4, -0.2) is 31.4 Å². The summed E-state index contributed by atoms with van der Waals surface area (Å²) in [5, 5.41) is 9.04. The number of carboxylic acid groups (broad SMARTS) is 1. The molecule has 1 N–H and O–H groups in total. The van der Waals surface area contributed by atoms with E-state index < -0.39 is 5.97 Å². The van der Waals surface area contributed by atoms with Crippen molar-refractivity contribution in [2.24, 2.45) is 0 Å². The minimum atomic E-state index is -0.901. The topological polar surface area (TPSA) is 65.0 Å². The Labute approximate surface area is 182 Å². The molecule has 3 aromatic carbocycles. The molecule has 0 amide bonds. The Hall–Kier alpha value is -3.47. The van der Waals surface area contributed by atoms with Crippen molar-refractivity contribution in [2.45, 2.75) is 25.7 Å². The van der Waals surface area contributed by atoms with E-state index in [4.69, 9.17) is 19.3 Å². The van der Waals surface area contributed by atoms with Crippen molar-refractivity contribution in [1.82, 2.24) is 0 Å². The van der Waals surface area contributed by atoms with E-state index in [0.717, 1.165) is 48.5 Å². The first kappa shape index (κ1) is 20.8. The lowest BCUT2D eigenvalue weighted by molar-refractivity contribution is 0.0697. The van der Waals surface area contributed by atoms with Crippen molar-refractivity contribution in [3.05, 3.63) is 88.5 Å². The van der Waals surface area contributed by atoms with Crippen molar-refractivity contribution in [2.75, 3.05) is 20.3 Å². The summed E-state index contributed by atoms with van der Waals surface area (Å²) in [5.41, 5.74) is 5.08. The number of ether oxygens (including phenoxy) is 3. The lowest BCUT2D eigenvalue weighted by atomic mass is 9.98. The number of fused-ring (bicyclic) bond motifs is 1. The average molecular weight is 418 g/mol. The molecule has 0 atom stereocenters. The first-order chi connectivity index (χ1) is 15.1. The molecule has 0 aliphatic carbocycles. The first-order valence-corrected chi connectivity index (χ1v) is 10.5. The van der Waals surface area contributed by atoms with E-state index in [2.05, 4.69) is 30.3 Å². The van der Waals surface area contributed by atoms with Gasteiger partial charge in [-0.25, -0.2) is 4.79 Å². The van der Waals surface area contributed by atoms with E-state index in [1.807, 2.05) is 18.2 Å². The predicted molar refractivity (Wildman–Crippen MR) is 119 cm³/mol. The number of rotatable bonds is 8. The Kier molecular flexibility index (Phi) is 6.41. The summed E-state index contributed by atoms with van der Waals surface area (Å²) in [5.74, 6) is 1.59. The molecule has 0 aromatic heterocycles. The summed E-state index contributed by atoms with van der Waals surface area (Å²) in [7, 11) is 1.69. The van der Waals surface area contributed by atoms with Gasteiger partial charge in [-0.15, -0.1) is 0 Å². The SMILES string of the molecule is COc1cc(CCc2ccc(C(=O)O)cc2)cc(CCc2ccc3c(c2)OCCO3)c1. The van der Waals surface area contributed by atoms with Gasteiger partial charge in [-0.2, -0.15) is 0 Å². The Morgan fingerprint density at radius 2 is 1.35 bits per heavy atom. The first-order valence-electron chi connectivity index (χ1n) is 10.5. The van der Waals surface area contributed by atoms with Gasteiger partial charge >= 0.3 is 5.97 Å².